The van der Waals surface area contributed by atoms with Gasteiger partial charge in [-0.15, -0.1) is 22.7 Å². The summed E-state index contributed by atoms with van der Waals surface area (Å²) in [5.74, 6) is -1.13. The maximum absolute atomic E-state index is 12.0. The average Bonchev–Trinajstić information content (AvgIpc) is 2.95. The van der Waals surface area contributed by atoms with Gasteiger partial charge in [0.2, 0.25) is 0 Å². The first-order valence-corrected chi connectivity index (χ1v) is 8.84. The number of sulfonamides is 1. The smallest absolute Gasteiger partial charge is 0.355 e. The summed E-state index contributed by atoms with van der Waals surface area (Å²) in [6.45, 7) is -0.0371. The Bertz CT molecular complexity index is 707. The summed E-state index contributed by atoms with van der Waals surface area (Å²) in [6.07, 6.45) is 0. The first-order chi connectivity index (χ1) is 8.90. The van der Waals surface area contributed by atoms with Crippen molar-refractivity contribution in [2.75, 3.05) is 0 Å². The van der Waals surface area contributed by atoms with Gasteiger partial charge in [-0.2, -0.15) is 0 Å². The van der Waals surface area contributed by atoms with Crippen molar-refractivity contribution >= 4 is 54.6 Å². The topological polar surface area (TPSA) is 96.4 Å². The number of aromatic carboxylic acids is 1. The quantitative estimate of drug-likeness (QED) is 0.825. The lowest BCUT2D eigenvalue weighted by molar-refractivity contribution is 0.0691. The second kappa shape index (κ2) is 5.67. The van der Waals surface area contributed by atoms with Gasteiger partial charge < -0.3 is 5.11 Å². The third-order valence-corrected chi connectivity index (χ3v) is 6.93. The van der Waals surface area contributed by atoms with E-state index in [2.05, 4.69) is 25.6 Å². The Morgan fingerprint density at radius 1 is 1.47 bits per heavy atom. The predicted molar refractivity (Wildman–Crippen MR) is 75.1 cm³/mol. The second-order valence-corrected chi connectivity index (χ2v) is 7.99. The van der Waals surface area contributed by atoms with Crippen molar-refractivity contribution in [1.29, 1.82) is 0 Å². The van der Waals surface area contributed by atoms with Crippen molar-refractivity contribution < 1.29 is 18.3 Å². The van der Waals surface area contributed by atoms with Gasteiger partial charge in [-0.25, -0.2) is 22.9 Å². The van der Waals surface area contributed by atoms with Crippen LogP contribution in [0, 0.1) is 0 Å². The summed E-state index contributed by atoms with van der Waals surface area (Å²) in [7, 11) is -3.62. The lowest BCUT2D eigenvalue weighted by atomic mass is 10.5. The molecule has 0 bridgehead atoms. The largest absolute Gasteiger partial charge is 0.476 e. The van der Waals surface area contributed by atoms with Gasteiger partial charge in [-0.05, 0) is 27.4 Å². The molecule has 10 heteroatoms. The number of hydrogen-bond acceptors (Lipinski definition) is 6. The van der Waals surface area contributed by atoms with Gasteiger partial charge in [-0.1, -0.05) is 0 Å². The zero-order chi connectivity index (χ0) is 14.0. The molecule has 102 valence electrons. The maximum atomic E-state index is 12.0. The molecule has 0 aliphatic heterocycles. The van der Waals surface area contributed by atoms with Crippen LogP contribution < -0.4 is 4.72 Å². The van der Waals surface area contributed by atoms with Crippen LogP contribution in [-0.2, 0) is 16.6 Å². The van der Waals surface area contributed by atoms with E-state index in [1.807, 2.05) is 0 Å². The first kappa shape index (κ1) is 14.6. The minimum Gasteiger partial charge on any atom is -0.476 e. The summed E-state index contributed by atoms with van der Waals surface area (Å²) < 4.78 is 27.0. The van der Waals surface area contributed by atoms with Crippen LogP contribution in [0.1, 0.15) is 15.5 Å². The molecule has 0 aliphatic carbocycles. The Kier molecular flexibility index (Phi) is 4.36. The Morgan fingerprint density at radius 3 is 2.74 bits per heavy atom. The number of aromatic nitrogens is 1. The van der Waals surface area contributed by atoms with Crippen LogP contribution in [0.2, 0.25) is 0 Å². The number of carboxylic acid groups (broad SMARTS) is 1. The fraction of sp³-hybridized carbons (Fsp3) is 0.111. The zero-order valence-corrected chi connectivity index (χ0v) is 13.2. The van der Waals surface area contributed by atoms with Crippen LogP contribution >= 0.6 is 38.6 Å². The van der Waals surface area contributed by atoms with Gasteiger partial charge in [0, 0.05) is 9.85 Å². The fourth-order valence-electron chi connectivity index (χ4n) is 1.18. The lowest BCUT2D eigenvalue weighted by Crippen LogP contribution is -2.22. The second-order valence-electron chi connectivity index (χ2n) is 3.31. The predicted octanol–water partition coefficient (Wildman–Crippen LogP) is 2.14. The molecule has 0 saturated heterocycles. The van der Waals surface area contributed by atoms with Gasteiger partial charge in [0.1, 0.15) is 9.22 Å². The highest BCUT2D eigenvalue weighted by atomic mass is 79.9. The van der Waals surface area contributed by atoms with Crippen LogP contribution in [0.15, 0.2) is 25.5 Å². The summed E-state index contributed by atoms with van der Waals surface area (Å²) in [6, 6.07) is 1.64. The van der Waals surface area contributed by atoms with Crippen molar-refractivity contribution in [3.63, 3.8) is 0 Å². The number of nitrogens with one attached hydrogen (secondary N) is 1. The molecule has 0 saturated carbocycles. The lowest BCUT2D eigenvalue weighted by Gasteiger charge is -2.03. The SMILES string of the molecule is O=C(O)c1csc(CNS(=O)(=O)c2sccc2Br)n1. The van der Waals surface area contributed by atoms with Gasteiger partial charge in [-0.3, -0.25) is 0 Å². The van der Waals surface area contributed by atoms with E-state index in [4.69, 9.17) is 5.11 Å². The molecule has 0 fully saturated rings. The number of thiophene rings is 1. The van der Waals surface area contributed by atoms with Crippen molar-refractivity contribution in [2.45, 2.75) is 10.8 Å². The minimum atomic E-state index is -3.62. The molecule has 6 nitrogen and oxygen atoms in total. The van der Waals surface area contributed by atoms with E-state index in [0.29, 0.717) is 9.48 Å². The highest BCUT2D eigenvalue weighted by Crippen LogP contribution is 2.27. The number of rotatable bonds is 5. The molecular formula is C9H7BrN2O4S3. The normalized spacial score (nSPS) is 11.6. The summed E-state index contributed by atoms with van der Waals surface area (Å²) in [5, 5.41) is 12.1. The molecule has 0 atom stereocenters. The van der Waals surface area contributed by atoms with Gasteiger partial charge in [0.15, 0.2) is 5.69 Å². The van der Waals surface area contributed by atoms with Crippen molar-refractivity contribution in [1.82, 2.24) is 9.71 Å². The molecular weight excluding hydrogens is 376 g/mol. The summed E-state index contributed by atoms with van der Waals surface area (Å²) >= 11 is 5.34. The van der Waals surface area contributed by atoms with E-state index in [-0.39, 0.29) is 16.4 Å². The molecule has 0 spiro atoms. The van der Waals surface area contributed by atoms with E-state index >= 15 is 0 Å². The number of halogens is 1. The zero-order valence-electron chi connectivity index (χ0n) is 9.16. The Balaban J connectivity index is 2.10. The number of carbonyl (C=O) groups is 1. The first-order valence-electron chi connectivity index (χ1n) is 4.80. The van der Waals surface area contributed by atoms with Crippen LogP contribution in [0.5, 0.6) is 0 Å². The molecule has 0 unspecified atom stereocenters. The van der Waals surface area contributed by atoms with E-state index in [1.165, 1.54) is 5.38 Å². The molecule has 2 aromatic heterocycles. The Hall–Kier alpha value is -0.810. The molecule has 2 heterocycles. The molecule has 0 amide bonds. The minimum absolute atomic E-state index is 0.0371. The van der Waals surface area contributed by atoms with Crippen molar-refractivity contribution in [3.8, 4) is 0 Å². The van der Waals surface area contributed by atoms with E-state index < -0.39 is 16.0 Å². The Labute approximate surface area is 125 Å². The Morgan fingerprint density at radius 2 is 2.21 bits per heavy atom. The third kappa shape index (κ3) is 3.39. The van der Waals surface area contributed by atoms with E-state index in [1.54, 1.807) is 11.4 Å². The number of nitrogens with zero attached hydrogens (tertiary/aromatic N) is 1. The van der Waals surface area contributed by atoms with Gasteiger partial charge in [0.05, 0.1) is 6.54 Å². The van der Waals surface area contributed by atoms with E-state index in [0.717, 1.165) is 22.7 Å². The summed E-state index contributed by atoms with van der Waals surface area (Å²) in [5.41, 5.74) is -0.0866. The standard InChI is InChI=1S/C9H7BrN2O4S3/c10-5-1-2-17-9(5)19(15,16)11-3-7-12-6(4-18-7)8(13)14/h1-2,4,11H,3H2,(H,13,14). The molecule has 2 rings (SSSR count). The van der Waals surface area contributed by atoms with Crippen LogP contribution in [-0.4, -0.2) is 24.5 Å². The highest BCUT2D eigenvalue weighted by molar-refractivity contribution is 9.10. The van der Waals surface area contributed by atoms with Crippen molar-refractivity contribution in [3.05, 3.63) is 32.0 Å². The maximum Gasteiger partial charge on any atom is 0.355 e. The number of thiazole rings is 1. The molecule has 0 radical (unpaired) electrons. The van der Waals surface area contributed by atoms with Crippen LogP contribution in [0.25, 0.3) is 0 Å². The average molecular weight is 383 g/mol. The molecule has 0 aromatic carbocycles. The fourth-order valence-corrected chi connectivity index (χ4v) is 5.35. The van der Waals surface area contributed by atoms with Gasteiger partial charge >= 0.3 is 5.97 Å². The van der Waals surface area contributed by atoms with Gasteiger partial charge in [0.25, 0.3) is 10.0 Å². The molecule has 2 N–H and O–H groups in total. The third-order valence-electron chi connectivity index (χ3n) is 2.01. The van der Waals surface area contributed by atoms with Crippen LogP contribution in [0.4, 0.5) is 0 Å². The number of carboxylic acids is 1. The number of hydrogen-bond donors (Lipinski definition) is 2. The highest BCUT2D eigenvalue weighted by Gasteiger charge is 2.19. The van der Waals surface area contributed by atoms with Crippen molar-refractivity contribution in [2.24, 2.45) is 0 Å². The molecule has 0 aliphatic rings. The molecule has 2 aromatic rings. The monoisotopic (exact) mass is 382 g/mol. The van der Waals surface area contributed by atoms with Crippen LogP contribution in [0.3, 0.4) is 0 Å². The van der Waals surface area contributed by atoms with E-state index in [9.17, 15) is 13.2 Å². The summed E-state index contributed by atoms with van der Waals surface area (Å²) in [4.78, 5) is 14.4. The molecule has 19 heavy (non-hydrogen) atoms.